The lowest BCUT2D eigenvalue weighted by Crippen LogP contribution is -2.42. The first-order chi connectivity index (χ1) is 18.3. The van der Waals surface area contributed by atoms with Crippen LogP contribution in [-0.4, -0.2) is 29.1 Å². The van der Waals surface area contributed by atoms with Gasteiger partial charge in [0.1, 0.15) is 0 Å². The molecule has 1 aromatic heterocycles. The highest BCUT2D eigenvalue weighted by atomic mass is 16.6. The SMILES string of the molecule is CC(C)(C)NC(=O)Oc1ccccc1NC(=O)c1ccc2c(c1)CCC2NCCc1c[nH]c2ccccc12. The number of ether oxygens (including phenoxy) is 1. The number of para-hydroxylation sites is 3. The number of hydrogen-bond acceptors (Lipinski definition) is 4. The molecule has 1 heterocycles. The Morgan fingerprint density at radius 3 is 2.66 bits per heavy atom. The molecule has 7 nitrogen and oxygen atoms in total. The molecule has 0 saturated heterocycles. The molecular weight excluding hydrogens is 476 g/mol. The summed E-state index contributed by atoms with van der Waals surface area (Å²) >= 11 is 0. The number of fused-ring (bicyclic) bond motifs is 2. The minimum absolute atomic E-state index is 0.240. The molecule has 7 heteroatoms. The number of aromatic amines is 1. The Morgan fingerprint density at radius 2 is 1.82 bits per heavy atom. The summed E-state index contributed by atoms with van der Waals surface area (Å²) in [5, 5.41) is 10.6. The lowest BCUT2D eigenvalue weighted by molar-refractivity contribution is 0.102. The second-order valence-corrected chi connectivity index (χ2v) is 10.8. The van der Waals surface area contributed by atoms with Crippen molar-refractivity contribution in [2.75, 3.05) is 11.9 Å². The van der Waals surface area contributed by atoms with Gasteiger partial charge in [-0.15, -0.1) is 0 Å². The van der Waals surface area contributed by atoms with Crippen molar-refractivity contribution in [1.29, 1.82) is 0 Å². The van der Waals surface area contributed by atoms with Gasteiger partial charge in [0.15, 0.2) is 5.75 Å². The topological polar surface area (TPSA) is 95.2 Å². The molecule has 196 valence electrons. The van der Waals surface area contributed by atoms with E-state index >= 15 is 0 Å². The standard InChI is InChI=1S/C31H34N4O3/c1-31(2,3)35-30(37)38-28-11-7-6-10-27(28)34-29(36)21-12-14-24-20(18-21)13-15-26(24)32-17-16-22-19-33-25-9-5-4-8-23(22)25/h4-12,14,18-19,26,32-33H,13,15-17H2,1-3H3,(H,34,36)(H,35,37). The summed E-state index contributed by atoms with van der Waals surface area (Å²) in [6.07, 6.45) is 4.41. The van der Waals surface area contributed by atoms with Gasteiger partial charge in [-0.2, -0.15) is 0 Å². The summed E-state index contributed by atoms with van der Waals surface area (Å²) in [5.41, 5.74) is 5.53. The van der Waals surface area contributed by atoms with Crippen LogP contribution in [-0.2, 0) is 12.8 Å². The first-order valence-electron chi connectivity index (χ1n) is 13.1. The number of benzene rings is 3. The minimum atomic E-state index is -0.569. The number of H-pyrrole nitrogens is 1. The van der Waals surface area contributed by atoms with Gasteiger partial charge in [-0.25, -0.2) is 4.79 Å². The van der Waals surface area contributed by atoms with E-state index in [4.69, 9.17) is 4.74 Å². The molecule has 0 saturated carbocycles. The van der Waals surface area contributed by atoms with Crippen LogP contribution in [0.1, 0.15) is 60.3 Å². The third kappa shape index (κ3) is 5.89. The molecule has 2 amide bonds. The van der Waals surface area contributed by atoms with E-state index in [9.17, 15) is 9.59 Å². The predicted octanol–water partition coefficient (Wildman–Crippen LogP) is 6.13. The van der Waals surface area contributed by atoms with Crippen LogP contribution >= 0.6 is 0 Å². The van der Waals surface area contributed by atoms with Crippen molar-refractivity contribution >= 4 is 28.6 Å². The van der Waals surface area contributed by atoms with Crippen LogP contribution in [0, 0.1) is 0 Å². The molecule has 0 fully saturated rings. The number of amides is 2. The fraction of sp³-hybridized carbons (Fsp3) is 0.290. The van der Waals surface area contributed by atoms with Crippen LogP contribution in [0.3, 0.4) is 0 Å². The fourth-order valence-electron chi connectivity index (χ4n) is 4.98. The average Bonchev–Trinajstić information content (AvgIpc) is 3.48. The van der Waals surface area contributed by atoms with E-state index in [0.29, 0.717) is 17.0 Å². The number of aromatic nitrogens is 1. The van der Waals surface area contributed by atoms with Gasteiger partial charge < -0.3 is 25.7 Å². The van der Waals surface area contributed by atoms with E-state index in [-0.39, 0.29) is 11.9 Å². The zero-order chi connectivity index (χ0) is 26.7. The zero-order valence-corrected chi connectivity index (χ0v) is 22.1. The van der Waals surface area contributed by atoms with Gasteiger partial charge >= 0.3 is 6.09 Å². The maximum atomic E-state index is 13.1. The Morgan fingerprint density at radius 1 is 1.03 bits per heavy atom. The highest BCUT2D eigenvalue weighted by Gasteiger charge is 2.24. The number of hydrogen-bond donors (Lipinski definition) is 4. The van der Waals surface area contributed by atoms with Gasteiger partial charge in [0.05, 0.1) is 5.69 Å². The number of nitrogens with one attached hydrogen (secondary N) is 4. The molecule has 4 aromatic rings. The molecule has 0 radical (unpaired) electrons. The summed E-state index contributed by atoms with van der Waals surface area (Å²) in [5.74, 6) is 0.0547. The summed E-state index contributed by atoms with van der Waals surface area (Å²) < 4.78 is 5.46. The number of carbonyl (C=O) groups is 2. The summed E-state index contributed by atoms with van der Waals surface area (Å²) in [7, 11) is 0. The predicted molar refractivity (Wildman–Crippen MR) is 151 cm³/mol. The molecule has 1 unspecified atom stereocenters. The van der Waals surface area contributed by atoms with Gasteiger partial charge in [-0.3, -0.25) is 4.79 Å². The highest BCUT2D eigenvalue weighted by Crippen LogP contribution is 2.32. The number of aryl methyl sites for hydroxylation is 1. The summed E-state index contributed by atoms with van der Waals surface area (Å²) in [6.45, 7) is 6.51. The van der Waals surface area contributed by atoms with E-state index in [1.165, 1.54) is 27.6 Å². The molecule has 1 atom stereocenters. The molecule has 3 aromatic carbocycles. The van der Waals surface area contributed by atoms with E-state index < -0.39 is 11.6 Å². The van der Waals surface area contributed by atoms with Crippen LogP contribution in [0.4, 0.5) is 10.5 Å². The molecule has 0 bridgehead atoms. The molecular formula is C31H34N4O3. The minimum Gasteiger partial charge on any atom is -0.408 e. The highest BCUT2D eigenvalue weighted by molar-refractivity contribution is 6.05. The molecule has 0 aliphatic heterocycles. The average molecular weight is 511 g/mol. The summed E-state index contributed by atoms with van der Waals surface area (Å²) in [6, 6.07) is 21.5. The van der Waals surface area contributed by atoms with Crippen LogP contribution in [0.2, 0.25) is 0 Å². The quantitative estimate of drug-likeness (QED) is 0.241. The molecule has 5 rings (SSSR count). The Bertz CT molecular complexity index is 1470. The molecule has 0 spiro atoms. The lowest BCUT2D eigenvalue weighted by atomic mass is 10.0. The number of carbonyl (C=O) groups excluding carboxylic acids is 2. The maximum absolute atomic E-state index is 13.1. The van der Waals surface area contributed by atoms with E-state index in [2.05, 4.69) is 51.4 Å². The van der Waals surface area contributed by atoms with Crippen molar-refractivity contribution in [2.24, 2.45) is 0 Å². The molecule has 38 heavy (non-hydrogen) atoms. The van der Waals surface area contributed by atoms with Gasteiger partial charge in [0.25, 0.3) is 5.91 Å². The van der Waals surface area contributed by atoms with Gasteiger partial charge in [0, 0.05) is 34.2 Å². The van der Waals surface area contributed by atoms with Crippen molar-refractivity contribution in [3.8, 4) is 5.75 Å². The van der Waals surface area contributed by atoms with Gasteiger partial charge in [-0.05, 0) is 93.6 Å². The Labute approximate surface area is 223 Å². The first kappa shape index (κ1) is 25.5. The molecule has 4 N–H and O–H groups in total. The lowest BCUT2D eigenvalue weighted by Gasteiger charge is -2.20. The van der Waals surface area contributed by atoms with Crippen molar-refractivity contribution < 1.29 is 14.3 Å². The third-order valence-electron chi connectivity index (χ3n) is 6.76. The third-order valence-corrected chi connectivity index (χ3v) is 6.76. The normalized spacial score (nSPS) is 14.8. The van der Waals surface area contributed by atoms with Gasteiger partial charge in [-0.1, -0.05) is 36.4 Å². The number of rotatable bonds is 7. The smallest absolute Gasteiger partial charge is 0.408 e. The monoisotopic (exact) mass is 510 g/mol. The van der Waals surface area contributed by atoms with E-state index in [0.717, 1.165) is 25.8 Å². The van der Waals surface area contributed by atoms with Crippen molar-refractivity contribution in [2.45, 2.75) is 51.6 Å². The zero-order valence-electron chi connectivity index (χ0n) is 22.1. The van der Waals surface area contributed by atoms with E-state index in [1.54, 1.807) is 24.3 Å². The molecule has 1 aliphatic rings. The Hall–Kier alpha value is -4.10. The van der Waals surface area contributed by atoms with Crippen molar-refractivity contribution in [1.82, 2.24) is 15.6 Å². The fourth-order valence-corrected chi connectivity index (χ4v) is 4.98. The first-order valence-corrected chi connectivity index (χ1v) is 13.1. The van der Waals surface area contributed by atoms with Crippen molar-refractivity contribution in [3.63, 3.8) is 0 Å². The van der Waals surface area contributed by atoms with E-state index in [1.807, 2.05) is 39.0 Å². The van der Waals surface area contributed by atoms with Crippen molar-refractivity contribution in [3.05, 3.63) is 95.2 Å². The maximum Gasteiger partial charge on any atom is 0.413 e. The largest absolute Gasteiger partial charge is 0.413 e. The van der Waals surface area contributed by atoms with Crippen LogP contribution < -0.4 is 20.7 Å². The van der Waals surface area contributed by atoms with Crippen LogP contribution in [0.15, 0.2) is 72.9 Å². The Balaban J connectivity index is 1.20. The number of anilines is 1. The summed E-state index contributed by atoms with van der Waals surface area (Å²) in [4.78, 5) is 28.7. The second kappa shape index (κ2) is 10.7. The van der Waals surface area contributed by atoms with Gasteiger partial charge in [0.2, 0.25) is 0 Å². The van der Waals surface area contributed by atoms with Crippen LogP contribution in [0.25, 0.3) is 10.9 Å². The molecule has 1 aliphatic carbocycles. The van der Waals surface area contributed by atoms with Crippen LogP contribution in [0.5, 0.6) is 5.75 Å². The second-order valence-electron chi connectivity index (χ2n) is 10.8. The Kier molecular flexibility index (Phi) is 7.20.